The van der Waals surface area contributed by atoms with Gasteiger partial charge in [0.25, 0.3) is 5.91 Å². The van der Waals surface area contributed by atoms with Crippen LogP contribution in [0.2, 0.25) is 0 Å². The van der Waals surface area contributed by atoms with E-state index in [1.807, 2.05) is 43.3 Å². The SMILES string of the molecule is Cc1ccc(C2=NN(C(=O)CN(C)CC(=O)NC3CC3)[C@@H](c3ccco3)C2)cc1. The summed E-state index contributed by atoms with van der Waals surface area (Å²) in [5.74, 6) is 0.504. The Hall–Kier alpha value is -2.93. The highest BCUT2D eigenvalue weighted by molar-refractivity contribution is 6.03. The third-order valence-electron chi connectivity index (χ3n) is 5.18. The normalized spacial score (nSPS) is 18.8. The van der Waals surface area contributed by atoms with Crippen LogP contribution < -0.4 is 5.32 Å². The van der Waals surface area contributed by atoms with Gasteiger partial charge in [0.05, 0.1) is 25.1 Å². The molecule has 0 saturated heterocycles. The quantitative estimate of drug-likeness (QED) is 0.783. The lowest BCUT2D eigenvalue weighted by Crippen LogP contribution is -2.41. The minimum absolute atomic E-state index is 0.0457. The molecule has 4 rings (SSSR count). The van der Waals surface area contributed by atoms with Crippen LogP contribution in [0.15, 0.2) is 52.2 Å². The summed E-state index contributed by atoms with van der Waals surface area (Å²) in [7, 11) is 1.77. The number of carbonyl (C=O) groups is 2. The third kappa shape index (κ3) is 4.74. The number of nitrogens with zero attached hydrogens (tertiary/aromatic N) is 3. The second-order valence-corrected chi connectivity index (χ2v) is 7.90. The molecule has 1 aromatic heterocycles. The molecular formula is C22H26N4O3. The number of carbonyl (C=O) groups excluding carboxylic acids is 2. The van der Waals surface area contributed by atoms with Crippen molar-refractivity contribution in [2.24, 2.45) is 5.10 Å². The van der Waals surface area contributed by atoms with Gasteiger partial charge in [0.2, 0.25) is 5.91 Å². The molecule has 29 heavy (non-hydrogen) atoms. The van der Waals surface area contributed by atoms with Crippen molar-refractivity contribution in [1.82, 2.24) is 15.2 Å². The molecule has 1 aromatic carbocycles. The van der Waals surface area contributed by atoms with Gasteiger partial charge in [-0.1, -0.05) is 29.8 Å². The van der Waals surface area contributed by atoms with Crippen LogP contribution in [-0.4, -0.2) is 53.6 Å². The van der Waals surface area contributed by atoms with E-state index in [2.05, 4.69) is 10.4 Å². The average molecular weight is 394 g/mol. The second-order valence-electron chi connectivity index (χ2n) is 7.90. The predicted octanol–water partition coefficient (Wildman–Crippen LogP) is 2.48. The van der Waals surface area contributed by atoms with Crippen molar-refractivity contribution >= 4 is 17.5 Å². The second kappa shape index (κ2) is 8.21. The number of hydrogen-bond acceptors (Lipinski definition) is 5. The standard InChI is InChI=1S/C22H26N4O3/c1-15-5-7-16(8-6-15)18-12-19(20-4-3-11-29-20)26(24-18)22(28)14-25(2)13-21(27)23-17-9-10-17/h3-8,11,17,19H,9-10,12-14H2,1-2H3,(H,23,27)/t19-/m1/s1. The van der Waals surface area contributed by atoms with E-state index in [0.717, 1.165) is 24.1 Å². The molecule has 1 N–H and O–H groups in total. The van der Waals surface area contributed by atoms with Crippen molar-refractivity contribution < 1.29 is 14.0 Å². The number of hydrogen-bond donors (Lipinski definition) is 1. The van der Waals surface area contributed by atoms with Gasteiger partial charge in [-0.3, -0.25) is 14.5 Å². The topological polar surface area (TPSA) is 78.2 Å². The molecule has 0 unspecified atom stereocenters. The van der Waals surface area contributed by atoms with E-state index in [1.54, 1.807) is 18.2 Å². The number of rotatable bonds is 7. The highest BCUT2D eigenvalue weighted by atomic mass is 16.3. The summed E-state index contributed by atoms with van der Waals surface area (Å²) in [5, 5.41) is 9.08. The zero-order chi connectivity index (χ0) is 20.4. The number of amides is 2. The first-order valence-electron chi connectivity index (χ1n) is 9.97. The van der Waals surface area contributed by atoms with Crippen molar-refractivity contribution in [3.05, 3.63) is 59.5 Å². The van der Waals surface area contributed by atoms with E-state index < -0.39 is 0 Å². The number of hydrazone groups is 1. The zero-order valence-corrected chi connectivity index (χ0v) is 16.8. The maximum atomic E-state index is 13.0. The van der Waals surface area contributed by atoms with Crippen LogP contribution in [0.25, 0.3) is 0 Å². The first-order chi connectivity index (χ1) is 14.0. The molecule has 2 aromatic rings. The molecule has 1 aliphatic heterocycles. The van der Waals surface area contributed by atoms with Gasteiger partial charge in [-0.05, 0) is 44.5 Å². The molecule has 152 valence electrons. The largest absolute Gasteiger partial charge is 0.467 e. The Bertz CT molecular complexity index is 901. The minimum Gasteiger partial charge on any atom is -0.467 e. The maximum absolute atomic E-state index is 13.0. The van der Waals surface area contributed by atoms with Crippen LogP contribution in [0.4, 0.5) is 0 Å². The summed E-state index contributed by atoms with van der Waals surface area (Å²) < 4.78 is 5.58. The van der Waals surface area contributed by atoms with E-state index in [1.165, 1.54) is 10.6 Å². The zero-order valence-electron chi connectivity index (χ0n) is 16.8. The fourth-order valence-electron chi connectivity index (χ4n) is 3.47. The number of likely N-dealkylation sites (N-methyl/N-ethyl adjacent to an activating group) is 1. The van der Waals surface area contributed by atoms with Crippen molar-refractivity contribution in [2.75, 3.05) is 20.1 Å². The summed E-state index contributed by atoms with van der Waals surface area (Å²) >= 11 is 0. The first kappa shape index (κ1) is 19.4. The van der Waals surface area contributed by atoms with Gasteiger partial charge < -0.3 is 9.73 Å². The molecule has 1 saturated carbocycles. The number of nitrogens with one attached hydrogen (secondary N) is 1. The Morgan fingerprint density at radius 1 is 1.21 bits per heavy atom. The fraction of sp³-hybridized carbons (Fsp3) is 0.409. The molecule has 2 aliphatic rings. The number of benzene rings is 1. The Balaban J connectivity index is 1.47. The van der Waals surface area contributed by atoms with E-state index in [9.17, 15) is 9.59 Å². The summed E-state index contributed by atoms with van der Waals surface area (Å²) in [5.41, 5.74) is 3.03. The van der Waals surface area contributed by atoms with Crippen molar-refractivity contribution in [2.45, 2.75) is 38.3 Å². The predicted molar refractivity (Wildman–Crippen MR) is 109 cm³/mol. The van der Waals surface area contributed by atoms with Crippen LogP contribution in [0.1, 0.15) is 42.2 Å². The average Bonchev–Trinajstić information content (AvgIpc) is 3.17. The monoisotopic (exact) mass is 394 g/mol. The van der Waals surface area contributed by atoms with Gasteiger partial charge >= 0.3 is 0 Å². The number of aryl methyl sites for hydroxylation is 1. The van der Waals surface area contributed by atoms with Crippen molar-refractivity contribution in [3.8, 4) is 0 Å². The molecule has 2 amide bonds. The van der Waals surface area contributed by atoms with Gasteiger partial charge in [0, 0.05) is 12.5 Å². The van der Waals surface area contributed by atoms with E-state index in [0.29, 0.717) is 18.2 Å². The van der Waals surface area contributed by atoms with E-state index >= 15 is 0 Å². The highest BCUT2D eigenvalue weighted by Crippen LogP contribution is 2.33. The Morgan fingerprint density at radius 2 is 1.97 bits per heavy atom. The molecule has 0 radical (unpaired) electrons. The lowest BCUT2D eigenvalue weighted by Gasteiger charge is -2.23. The smallest absolute Gasteiger partial charge is 0.257 e. The molecule has 0 spiro atoms. The molecule has 0 bridgehead atoms. The van der Waals surface area contributed by atoms with Gasteiger partial charge in [-0.15, -0.1) is 0 Å². The fourth-order valence-corrected chi connectivity index (χ4v) is 3.47. The molecular weight excluding hydrogens is 368 g/mol. The lowest BCUT2D eigenvalue weighted by molar-refractivity contribution is -0.134. The van der Waals surface area contributed by atoms with Crippen molar-refractivity contribution in [3.63, 3.8) is 0 Å². The van der Waals surface area contributed by atoms with Crippen LogP contribution in [0.5, 0.6) is 0 Å². The third-order valence-corrected chi connectivity index (χ3v) is 5.18. The summed E-state index contributed by atoms with van der Waals surface area (Å²) in [6.07, 6.45) is 4.29. The van der Waals surface area contributed by atoms with Gasteiger partial charge in [0.1, 0.15) is 11.8 Å². The van der Waals surface area contributed by atoms with E-state index in [4.69, 9.17) is 4.42 Å². The molecule has 1 fully saturated rings. The highest BCUT2D eigenvalue weighted by Gasteiger charge is 2.35. The summed E-state index contributed by atoms with van der Waals surface area (Å²) in [6, 6.07) is 11.8. The van der Waals surface area contributed by atoms with Gasteiger partial charge in [-0.2, -0.15) is 5.10 Å². The lowest BCUT2D eigenvalue weighted by atomic mass is 10.0. The summed E-state index contributed by atoms with van der Waals surface area (Å²) in [4.78, 5) is 26.7. The molecule has 1 aliphatic carbocycles. The molecule has 7 heteroatoms. The van der Waals surface area contributed by atoms with Crippen LogP contribution in [0, 0.1) is 6.92 Å². The Labute approximate surface area is 170 Å². The number of furan rings is 1. The summed E-state index contributed by atoms with van der Waals surface area (Å²) in [6.45, 7) is 2.34. The Morgan fingerprint density at radius 3 is 2.62 bits per heavy atom. The van der Waals surface area contributed by atoms with E-state index in [-0.39, 0.29) is 30.9 Å². The van der Waals surface area contributed by atoms with Crippen LogP contribution >= 0.6 is 0 Å². The van der Waals surface area contributed by atoms with Crippen LogP contribution in [0.3, 0.4) is 0 Å². The maximum Gasteiger partial charge on any atom is 0.257 e. The van der Waals surface area contributed by atoms with Crippen molar-refractivity contribution in [1.29, 1.82) is 0 Å². The van der Waals surface area contributed by atoms with Gasteiger partial charge in [-0.25, -0.2) is 5.01 Å². The molecule has 2 heterocycles. The Kier molecular flexibility index (Phi) is 5.49. The molecule has 7 nitrogen and oxygen atoms in total. The van der Waals surface area contributed by atoms with Gasteiger partial charge in [0.15, 0.2) is 0 Å². The first-order valence-corrected chi connectivity index (χ1v) is 9.97. The van der Waals surface area contributed by atoms with Crippen LogP contribution in [-0.2, 0) is 9.59 Å². The minimum atomic E-state index is -0.275. The molecule has 1 atom stereocenters.